The van der Waals surface area contributed by atoms with Gasteiger partial charge in [-0.15, -0.1) is 0 Å². The van der Waals surface area contributed by atoms with Crippen LogP contribution in [0.2, 0.25) is 0 Å². The van der Waals surface area contributed by atoms with Gasteiger partial charge < -0.3 is 4.90 Å². The first-order valence-corrected chi connectivity index (χ1v) is 7.55. The van der Waals surface area contributed by atoms with Crippen molar-refractivity contribution in [2.75, 3.05) is 26.2 Å². The Hall–Kier alpha value is -2.00. The summed E-state index contributed by atoms with van der Waals surface area (Å²) in [6.45, 7) is 7.48. The number of hydrogen-bond donors (Lipinski definition) is 0. The minimum Gasteiger partial charge on any atom is -0.364 e. The molecule has 21 heavy (non-hydrogen) atoms. The molecule has 2 aromatic rings. The third-order valence-corrected chi connectivity index (χ3v) is 4.19. The third kappa shape index (κ3) is 3.37. The van der Waals surface area contributed by atoms with Crippen LogP contribution in [-0.2, 0) is 0 Å². The topological polar surface area (TPSA) is 6.48 Å². The molecule has 1 aliphatic heterocycles. The maximum absolute atomic E-state index is 3.87. The lowest BCUT2D eigenvalue weighted by Crippen LogP contribution is -2.50. The van der Waals surface area contributed by atoms with Crippen LogP contribution in [0.15, 0.2) is 73.4 Å². The zero-order chi connectivity index (χ0) is 14.5. The number of benzene rings is 2. The molecule has 2 aromatic carbocycles. The van der Waals surface area contributed by atoms with Crippen molar-refractivity contribution in [1.82, 2.24) is 9.80 Å². The second-order valence-electron chi connectivity index (χ2n) is 5.59. The molecule has 1 aliphatic rings. The van der Waals surface area contributed by atoms with Crippen LogP contribution in [-0.4, -0.2) is 42.7 Å². The fourth-order valence-electron chi connectivity index (χ4n) is 3.00. The number of nitrogens with zero attached hydrogens (tertiary/aromatic N) is 2. The van der Waals surface area contributed by atoms with Gasteiger partial charge in [0, 0.05) is 13.1 Å². The van der Waals surface area contributed by atoms with Crippen molar-refractivity contribution < 1.29 is 0 Å². The summed E-state index contributed by atoms with van der Waals surface area (Å²) in [6, 6.07) is 21.6. The smallest absolute Gasteiger partial charge is 0.223 e. The van der Waals surface area contributed by atoms with Gasteiger partial charge in [-0.05, 0) is 12.6 Å². The summed E-state index contributed by atoms with van der Waals surface area (Å²) in [5.74, 6) is 0. The quantitative estimate of drug-likeness (QED) is 0.765. The Balaban J connectivity index is 1.82. The van der Waals surface area contributed by atoms with Gasteiger partial charge in [-0.1, -0.05) is 78.2 Å². The molecule has 0 bridgehead atoms. The lowest BCUT2D eigenvalue weighted by molar-refractivity contribution is 0.326. The summed E-state index contributed by atoms with van der Waals surface area (Å²) in [5.41, 5.74) is 2.78. The Bertz CT molecular complexity index is 531. The van der Waals surface area contributed by atoms with E-state index in [9.17, 15) is 0 Å². The first kappa shape index (κ1) is 14.0. The first-order chi connectivity index (χ1) is 10.4. The van der Waals surface area contributed by atoms with Gasteiger partial charge in [0.15, 0.2) is 0 Å². The fraction of sp³-hybridized carbons (Fsp3) is 0.222. The van der Waals surface area contributed by atoms with Gasteiger partial charge in [0.2, 0.25) is 6.71 Å². The van der Waals surface area contributed by atoms with Gasteiger partial charge in [-0.25, -0.2) is 0 Å². The zero-order valence-electron chi connectivity index (χ0n) is 12.4. The molecule has 0 atom stereocenters. The van der Waals surface area contributed by atoms with E-state index in [1.165, 1.54) is 10.9 Å². The van der Waals surface area contributed by atoms with Crippen LogP contribution in [0.5, 0.6) is 0 Å². The van der Waals surface area contributed by atoms with Gasteiger partial charge in [0.05, 0.1) is 6.67 Å². The van der Waals surface area contributed by atoms with E-state index in [2.05, 4.69) is 77.0 Å². The SMILES string of the molecule is C=CN1CCN(CB(c2ccccc2)c2ccccc2)C1. The van der Waals surface area contributed by atoms with Crippen molar-refractivity contribution in [1.29, 1.82) is 0 Å². The van der Waals surface area contributed by atoms with Crippen LogP contribution in [0.3, 0.4) is 0 Å². The monoisotopic (exact) mass is 276 g/mol. The van der Waals surface area contributed by atoms with Gasteiger partial charge in [0.1, 0.15) is 0 Å². The molecule has 0 aliphatic carbocycles. The molecule has 0 saturated carbocycles. The normalized spacial score (nSPS) is 15.1. The fourth-order valence-corrected chi connectivity index (χ4v) is 3.00. The van der Waals surface area contributed by atoms with Crippen LogP contribution in [0.1, 0.15) is 0 Å². The minimum absolute atomic E-state index is 0.428. The van der Waals surface area contributed by atoms with Crippen molar-refractivity contribution in [2.24, 2.45) is 0 Å². The highest BCUT2D eigenvalue weighted by Gasteiger charge is 2.25. The Morgan fingerprint density at radius 3 is 1.95 bits per heavy atom. The lowest BCUT2D eigenvalue weighted by atomic mass is 9.40. The molecular formula is C18H21BN2. The Morgan fingerprint density at radius 2 is 1.48 bits per heavy atom. The summed E-state index contributed by atoms with van der Waals surface area (Å²) < 4.78 is 0. The summed E-state index contributed by atoms with van der Waals surface area (Å²) in [7, 11) is 0. The van der Waals surface area contributed by atoms with E-state index in [0.29, 0.717) is 6.71 Å². The molecule has 0 unspecified atom stereocenters. The second-order valence-corrected chi connectivity index (χ2v) is 5.59. The molecular weight excluding hydrogens is 255 g/mol. The predicted molar refractivity (Wildman–Crippen MR) is 91.2 cm³/mol. The van der Waals surface area contributed by atoms with Crippen molar-refractivity contribution in [3.8, 4) is 0 Å². The Kier molecular flexibility index (Phi) is 4.41. The highest BCUT2D eigenvalue weighted by atomic mass is 15.4. The molecule has 0 amide bonds. The van der Waals surface area contributed by atoms with Crippen LogP contribution < -0.4 is 10.9 Å². The molecule has 0 N–H and O–H groups in total. The Morgan fingerprint density at radius 1 is 0.905 bits per heavy atom. The molecule has 3 rings (SSSR count). The Labute approximate surface area is 127 Å². The highest BCUT2D eigenvalue weighted by molar-refractivity contribution is 6.85. The molecule has 106 valence electrons. The molecule has 1 fully saturated rings. The molecule has 0 aromatic heterocycles. The summed E-state index contributed by atoms with van der Waals surface area (Å²) in [5, 5.41) is 0. The van der Waals surface area contributed by atoms with Crippen molar-refractivity contribution >= 4 is 17.6 Å². The molecule has 0 spiro atoms. The van der Waals surface area contributed by atoms with Crippen LogP contribution in [0.4, 0.5) is 0 Å². The van der Waals surface area contributed by atoms with E-state index in [1.807, 2.05) is 6.20 Å². The van der Waals surface area contributed by atoms with Gasteiger partial charge in [-0.3, -0.25) is 4.90 Å². The largest absolute Gasteiger partial charge is 0.364 e. The maximum Gasteiger partial charge on any atom is 0.223 e. The van der Waals surface area contributed by atoms with Gasteiger partial charge in [-0.2, -0.15) is 0 Å². The average Bonchev–Trinajstić information content (AvgIpc) is 3.02. The minimum atomic E-state index is 0.428. The molecule has 1 heterocycles. The molecule has 3 heteroatoms. The van der Waals surface area contributed by atoms with E-state index in [0.717, 1.165) is 26.2 Å². The van der Waals surface area contributed by atoms with E-state index >= 15 is 0 Å². The number of hydrogen-bond acceptors (Lipinski definition) is 2. The average molecular weight is 276 g/mol. The standard InChI is InChI=1S/C18H21BN2/c1-2-20-13-14-21(16-20)15-19(17-9-5-3-6-10-17)18-11-7-4-8-12-18/h2-12H,1,13-16H2. The van der Waals surface area contributed by atoms with Gasteiger partial charge in [0.25, 0.3) is 0 Å². The zero-order valence-corrected chi connectivity index (χ0v) is 12.4. The lowest BCUT2D eigenvalue weighted by Gasteiger charge is -2.22. The second kappa shape index (κ2) is 6.64. The highest BCUT2D eigenvalue weighted by Crippen LogP contribution is 2.06. The van der Waals surface area contributed by atoms with Crippen molar-refractivity contribution in [3.05, 3.63) is 73.4 Å². The third-order valence-electron chi connectivity index (χ3n) is 4.19. The molecule has 0 radical (unpaired) electrons. The van der Waals surface area contributed by atoms with E-state index < -0.39 is 0 Å². The van der Waals surface area contributed by atoms with Crippen LogP contribution in [0, 0.1) is 0 Å². The summed E-state index contributed by atoms with van der Waals surface area (Å²) in [6.07, 6.45) is 3.00. The van der Waals surface area contributed by atoms with Crippen molar-refractivity contribution in [2.45, 2.75) is 0 Å². The van der Waals surface area contributed by atoms with Gasteiger partial charge >= 0.3 is 0 Å². The van der Waals surface area contributed by atoms with Crippen molar-refractivity contribution in [3.63, 3.8) is 0 Å². The van der Waals surface area contributed by atoms with E-state index in [4.69, 9.17) is 0 Å². The maximum atomic E-state index is 3.87. The van der Waals surface area contributed by atoms with Crippen LogP contribution >= 0.6 is 0 Å². The summed E-state index contributed by atoms with van der Waals surface area (Å²) >= 11 is 0. The van der Waals surface area contributed by atoms with E-state index in [1.54, 1.807) is 0 Å². The summed E-state index contributed by atoms with van der Waals surface area (Å²) in [4.78, 5) is 4.78. The van der Waals surface area contributed by atoms with Crippen LogP contribution in [0.25, 0.3) is 0 Å². The molecule has 2 nitrogen and oxygen atoms in total. The van der Waals surface area contributed by atoms with E-state index in [-0.39, 0.29) is 0 Å². The molecule has 1 saturated heterocycles. The first-order valence-electron chi connectivity index (χ1n) is 7.55. The predicted octanol–water partition coefficient (Wildman–Crippen LogP) is 1.55. The number of rotatable bonds is 5.